The number of nitrogens with zero attached hydrogens (tertiary/aromatic N) is 2. The Morgan fingerprint density at radius 2 is 1.92 bits per heavy atom. The molecule has 2 aromatic rings. The predicted molar refractivity (Wildman–Crippen MR) is 94.0 cm³/mol. The fourth-order valence-corrected chi connectivity index (χ4v) is 3.19. The number of carbonyl (C=O) groups is 1. The lowest BCUT2D eigenvalue weighted by atomic mass is 9.99. The van der Waals surface area contributed by atoms with Crippen molar-refractivity contribution >= 4 is 5.91 Å². The number of benzene rings is 1. The van der Waals surface area contributed by atoms with Gasteiger partial charge in [0.05, 0.1) is 0 Å². The molecule has 2 heterocycles. The molecule has 1 aromatic heterocycles. The third-order valence-corrected chi connectivity index (χ3v) is 4.51. The van der Waals surface area contributed by atoms with Crippen LogP contribution in [-0.4, -0.2) is 41.6 Å². The van der Waals surface area contributed by atoms with Crippen molar-refractivity contribution in [3.8, 4) is 0 Å². The first-order valence-electron chi connectivity index (χ1n) is 8.42. The zero-order valence-corrected chi connectivity index (χ0v) is 13.7. The molecular weight excluding hydrogens is 302 g/mol. The Kier molecular flexibility index (Phi) is 5.43. The molecule has 0 saturated carbocycles. The Balaban J connectivity index is 1.40. The highest BCUT2D eigenvalue weighted by Gasteiger charge is 2.23. The number of carbonyl (C=O) groups excluding carboxylic acids is 1. The lowest BCUT2D eigenvalue weighted by Gasteiger charge is -2.16. The van der Waals surface area contributed by atoms with Crippen molar-refractivity contribution in [1.82, 2.24) is 14.8 Å². The highest BCUT2D eigenvalue weighted by molar-refractivity contribution is 5.75. The quantitative estimate of drug-likeness (QED) is 0.875. The van der Waals surface area contributed by atoms with Gasteiger partial charge in [0.1, 0.15) is 6.54 Å². The molecule has 1 amide bonds. The molecule has 1 N–H and O–H groups in total. The van der Waals surface area contributed by atoms with Gasteiger partial charge in [-0.15, -0.1) is 0 Å². The highest BCUT2D eigenvalue weighted by atomic mass is 16.2. The summed E-state index contributed by atoms with van der Waals surface area (Å²) in [6.45, 7) is 3.64. The second-order valence-corrected chi connectivity index (χ2v) is 6.21. The van der Waals surface area contributed by atoms with Crippen LogP contribution in [0.5, 0.6) is 0 Å². The van der Waals surface area contributed by atoms with Gasteiger partial charge in [0.15, 0.2) is 0 Å². The largest absolute Gasteiger partial charge is 0.353 e. The van der Waals surface area contributed by atoms with Crippen molar-refractivity contribution in [2.75, 3.05) is 26.2 Å². The Bertz CT molecular complexity index is 727. The second-order valence-electron chi connectivity index (χ2n) is 6.21. The topological polar surface area (TPSA) is 54.3 Å². The van der Waals surface area contributed by atoms with E-state index in [1.54, 1.807) is 18.3 Å². The molecule has 5 heteroatoms. The van der Waals surface area contributed by atoms with Gasteiger partial charge in [0, 0.05) is 31.9 Å². The number of amides is 1. The molecule has 0 aliphatic carbocycles. The van der Waals surface area contributed by atoms with E-state index in [2.05, 4.69) is 34.5 Å². The smallest absolute Gasteiger partial charge is 0.250 e. The first kappa shape index (κ1) is 16.5. The molecule has 3 rings (SSSR count). The summed E-state index contributed by atoms with van der Waals surface area (Å²) in [5, 5.41) is 2.90. The van der Waals surface area contributed by atoms with Crippen LogP contribution in [0.3, 0.4) is 0 Å². The summed E-state index contributed by atoms with van der Waals surface area (Å²) in [7, 11) is 0. The highest BCUT2D eigenvalue weighted by Crippen LogP contribution is 2.26. The zero-order chi connectivity index (χ0) is 16.8. The van der Waals surface area contributed by atoms with Crippen LogP contribution in [0.1, 0.15) is 17.9 Å². The maximum absolute atomic E-state index is 11.9. The molecule has 1 saturated heterocycles. The van der Waals surface area contributed by atoms with Gasteiger partial charge in [-0.25, -0.2) is 0 Å². The summed E-state index contributed by atoms with van der Waals surface area (Å²) < 4.78 is 1.41. The molecular formula is C19H23N3O2. The number of likely N-dealkylation sites (tertiary alicyclic amines) is 1. The number of hydrogen-bond acceptors (Lipinski definition) is 3. The van der Waals surface area contributed by atoms with E-state index in [-0.39, 0.29) is 18.0 Å². The molecule has 1 aromatic carbocycles. The number of aromatic nitrogens is 1. The average Bonchev–Trinajstić information content (AvgIpc) is 3.07. The van der Waals surface area contributed by atoms with Crippen LogP contribution in [0.2, 0.25) is 0 Å². The first-order valence-corrected chi connectivity index (χ1v) is 8.42. The van der Waals surface area contributed by atoms with Crippen LogP contribution in [0.4, 0.5) is 0 Å². The minimum Gasteiger partial charge on any atom is -0.353 e. The van der Waals surface area contributed by atoms with Crippen molar-refractivity contribution in [3.63, 3.8) is 0 Å². The predicted octanol–water partition coefficient (Wildman–Crippen LogP) is 1.45. The molecule has 1 aliphatic rings. The Hall–Kier alpha value is -2.40. The normalized spacial score (nSPS) is 17.8. The fourth-order valence-electron chi connectivity index (χ4n) is 3.19. The van der Waals surface area contributed by atoms with E-state index in [9.17, 15) is 9.59 Å². The molecule has 0 unspecified atom stereocenters. The SMILES string of the molecule is O=C(Cn1ccccc1=O)NCCN1CC[C@@H](c2ccccc2)C1. The van der Waals surface area contributed by atoms with E-state index < -0.39 is 0 Å². The summed E-state index contributed by atoms with van der Waals surface area (Å²) >= 11 is 0. The monoisotopic (exact) mass is 325 g/mol. The number of pyridine rings is 1. The van der Waals surface area contributed by atoms with Crippen LogP contribution in [0.25, 0.3) is 0 Å². The van der Waals surface area contributed by atoms with Crippen LogP contribution >= 0.6 is 0 Å². The van der Waals surface area contributed by atoms with Gasteiger partial charge in [0.2, 0.25) is 5.91 Å². The Morgan fingerprint density at radius 3 is 2.71 bits per heavy atom. The van der Waals surface area contributed by atoms with E-state index in [4.69, 9.17) is 0 Å². The lowest BCUT2D eigenvalue weighted by Crippen LogP contribution is -2.37. The molecule has 1 fully saturated rings. The summed E-state index contributed by atoms with van der Waals surface area (Å²) in [6.07, 6.45) is 2.80. The van der Waals surface area contributed by atoms with Crippen molar-refractivity contribution < 1.29 is 4.79 Å². The van der Waals surface area contributed by atoms with Gasteiger partial charge in [-0.05, 0) is 30.5 Å². The van der Waals surface area contributed by atoms with E-state index in [0.29, 0.717) is 12.5 Å². The third kappa shape index (κ3) is 4.32. The lowest BCUT2D eigenvalue weighted by molar-refractivity contribution is -0.121. The molecule has 1 atom stereocenters. The maximum atomic E-state index is 11.9. The first-order chi connectivity index (χ1) is 11.7. The molecule has 0 spiro atoms. The minimum atomic E-state index is -0.155. The van der Waals surface area contributed by atoms with E-state index >= 15 is 0 Å². The summed E-state index contributed by atoms with van der Waals surface area (Å²) in [4.78, 5) is 25.9. The number of rotatable bonds is 6. The van der Waals surface area contributed by atoms with Gasteiger partial charge in [0.25, 0.3) is 5.56 Å². The van der Waals surface area contributed by atoms with E-state index in [0.717, 1.165) is 26.1 Å². The molecule has 5 nitrogen and oxygen atoms in total. The standard InChI is InChI=1S/C19H23N3O2/c23-18(15-22-11-5-4-8-19(22)24)20-10-13-21-12-9-17(14-21)16-6-2-1-3-7-16/h1-8,11,17H,9-10,12-15H2,(H,20,23)/t17-/m1/s1. The van der Waals surface area contributed by atoms with Crippen LogP contribution in [0, 0.1) is 0 Å². The van der Waals surface area contributed by atoms with Crippen molar-refractivity contribution in [2.24, 2.45) is 0 Å². The van der Waals surface area contributed by atoms with Crippen molar-refractivity contribution in [3.05, 3.63) is 70.6 Å². The van der Waals surface area contributed by atoms with Crippen LogP contribution in [-0.2, 0) is 11.3 Å². The zero-order valence-electron chi connectivity index (χ0n) is 13.7. The van der Waals surface area contributed by atoms with Gasteiger partial charge in [-0.3, -0.25) is 9.59 Å². The molecule has 24 heavy (non-hydrogen) atoms. The Labute approximate surface area is 141 Å². The Morgan fingerprint density at radius 1 is 1.12 bits per heavy atom. The second kappa shape index (κ2) is 7.93. The van der Waals surface area contributed by atoms with Gasteiger partial charge in [-0.2, -0.15) is 0 Å². The number of hydrogen-bond donors (Lipinski definition) is 1. The third-order valence-electron chi connectivity index (χ3n) is 4.51. The minimum absolute atomic E-state index is 0.0757. The van der Waals surface area contributed by atoms with Gasteiger partial charge < -0.3 is 14.8 Å². The number of nitrogens with one attached hydrogen (secondary N) is 1. The summed E-state index contributed by atoms with van der Waals surface area (Å²) in [5.74, 6) is 0.465. The molecule has 0 radical (unpaired) electrons. The van der Waals surface area contributed by atoms with Gasteiger partial charge in [-0.1, -0.05) is 36.4 Å². The average molecular weight is 325 g/mol. The van der Waals surface area contributed by atoms with Crippen molar-refractivity contribution in [2.45, 2.75) is 18.9 Å². The molecule has 1 aliphatic heterocycles. The van der Waals surface area contributed by atoms with E-state index in [1.165, 1.54) is 16.2 Å². The van der Waals surface area contributed by atoms with E-state index in [1.807, 2.05) is 6.07 Å². The molecule has 0 bridgehead atoms. The van der Waals surface area contributed by atoms with Crippen LogP contribution < -0.4 is 10.9 Å². The fraction of sp³-hybridized carbons (Fsp3) is 0.368. The van der Waals surface area contributed by atoms with Gasteiger partial charge >= 0.3 is 0 Å². The molecule has 126 valence electrons. The summed E-state index contributed by atoms with van der Waals surface area (Å²) in [5.41, 5.74) is 1.24. The van der Waals surface area contributed by atoms with Crippen molar-refractivity contribution in [1.29, 1.82) is 0 Å². The summed E-state index contributed by atoms with van der Waals surface area (Å²) in [6, 6.07) is 15.5. The van der Waals surface area contributed by atoms with Crippen LogP contribution in [0.15, 0.2) is 59.5 Å². The maximum Gasteiger partial charge on any atom is 0.250 e.